The van der Waals surface area contributed by atoms with Crippen LogP contribution in [0.25, 0.3) is 54.8 Å². The van der Waals surface area contributed by atoms with Gasteiger partial charge in [0.2, 0.25) is 0 Å². The molecule has 3 heteroatoms. The molecule has 8 saturated carbocycles. The monoisotopic (exact) mass is 949 g/mol. The molecule has 362 valence electrons. The van der Waals surface area contributed by atoms with Gasteiger partial charge in [-0.25, -0.2) is 0 Å². The number of H-pyrrole nitrogens is 1. The first-order valence-corrected chi connectivity index (χ1v) is 29.1. The smallest absolute Gasteiger partial charge is 0.198 e. The molecule has 0 spiro atoms. The van der Waals surface area contributed by atoms with Crippen molar-refractivity contribution in [2.24, 2.45) is 47.3 Å². The van der Waals surface area contributed by atoms with Crippen molar-refractivity contribution in [3.63, 3.8) is 0 Å². The minimum absolute atomic E-state index is 0.0853. The van der Waals surface area contributed by atoms with Gasteiger partial charge in [0.05, 0.1) is 5.52 Å². The first-order chi connectivity index (χ1) is 35.2. The summed E-state index contributed by atoms with van der Waals surface area (Å²) >= 11 is 0. The van der Waals surface area contributed by atoms with Crippen LogP contribution in [-0.4, -0.2) is 12.3 Å². The number of hydrogen-bond acceptors (Lipinski definition) is 1. The molecule has 0 radical (unpaired) electrons. The number of fused-ring (bicyclic) bond motifs is 10. The van der Waals surface area contributed by atoms with Crippen LogP contribution in [0.2, 0.25) is 0 Å². The lowest BCUT2D eigenvalue weighted by molar-refractivity contribution is 0.0685. The Bertz CT molecular complexity index is 3870. The Morgan fingerprint density at radius 3 is 2.15 bits per heavy atom. The predicted molar refractivity (Wildman–Crippen MR) is 306 cm³/mol. The van der Waals surface area contributed by atoms with Gasteiger partial charge in [-0.15, -0.1) is 0 Å². The molecule has 0 saturated heterocycles. The molecule has 73 heavy (non-hydrogen) atoms. The van der Waals surface area contributed by atoms with Crippen molar-refractivity contribution in [3.8, 4) is 22.3 Å². The summed E-state index contributed by atoms with van der Waals surface area (Å²) in [6.07, 6.45) is 14.0. The molecule has 10 unspecified atom stereocenters. The first kappa shape index (κ1) is 41.8. The summed E-state index contributed by atoms with van der Waals surface area (Å²) in [4.78, 5) is 7.08. The quantitative estimate of drug-likeness (QED) is 0.174. The highest BCUT2D eigenvalue weighted by Crippen LogP contribution is 2.79. The summed E-state index contributed by atoms with van der Waals surface area (Å²) in [6, 6.07) is 45.1. The van der Waals surface area contributed by atoms with Gasteiger partial charge in [0.15, 0.2) is 7.28 Å². The fourth-order valence-corrected chi connectivity index (χ4v) is 21.1. The van der Waals surface area contributed by atoms with E-state index in [2.05, 4.69) is 168 Å². The zero-order valence-corrected chi connectivity index (χ0v) is 44.2. The lowest BCUT2D eigenvalue weighted by Gasteiger charge is -2.51. The molecule has 10 atom stereocenters. The zero-order chi connectivity index (χ0) is 48.6. The average Bonchev–Trinajstić information content (AvgIpc) is 4.21. The van der Waals surface area contributed by atoms with E-state index in [1.54, 1.807) is 11.1 Å². The van der Waals surface area contributed by atoms with E-state index in [0.29, 0.717) is 10.8 Å². The molecule has 1 N–H and O–H groups in total. The minimum atomic E-state index is -0.198. The van der Waals surface area contributed by atoms with E-state index in [0.717, 1.165) is 54.6 Å². The Balaban J connectivity index is 0.958. The molecule has 19 rings (SSSR count). The number of benzene rings is 7. The fourth-order valence-electron chi connectivity index (χ4n) is 21.1. The second kappa shape index (κ2) is 13.1. The second-order valence-corrected chi connectivity index (χ2v) is 28.5. The maximum absolute atomic E-state index is 4.31. The van der Waals surface area contributed by atoms with Crippen LogP contribution in [0.15, 0.2) is 109 Å². The molecule has 2 heterocycles. The van der Waals surface area contributed by atoms with Crippen LogP contribution in [0.5, 0.6) is 0 Å². The molecule has 8 aromatic rings. The summed E-state index contributed by atoms with van der Waals surface area (Å²) in [5.41, 5.74) is 26.9. The molecule has 10 aliphatic carbocycles. The van der Waals surface area contributed by atoms with Crippen molar-refractivity contribution in [1.29, 1.82) is 0 Å². The average molecular weight is 949 g/mol. The number of anilines is 3. The van der Waals surface area contributed by atoms with Crippen molar-refractivity contribution in [2.45, 2.75) is 140 Å². The molecular formula is C70H69BN2. The fraction of sp³-hybridized carbons (Fsp3) is 0.429. The minimum Gasteiger partial charge on any atom is -0.354 e. The summed E-state index contributed by atoms with van der Waals surface area (Å²) in [7, 11) is 0.897. The van der Waals surface area contributed by atoms with Crippen LogP contribution in [0.1, 0.15) is 145 Å². The van der Waals surface area contributed by atoms with E-state index in [9.17, 15) is 0 Å². The highest BCUT2D eigenvalue weighted by molar-refractivity contribution is 6.73. The van der Waals surface area contributed by atoms with Crippen LogP contribution < -0.4 is 15.8 Å². The van der Waals surface area contributed by atoms with E-state index in [1.807, 2.05) is 0 Å². The molecule has 1 aromatic heterocycles. The van der Waals surface area contributed by atoms with Crippen molar-refractivity contribution < 1.29 is 0 Å². The largest absolute Gasteiger partial charge is 0.354 e. The van der Waals surface area contributed by atoms with E-state index in [4.69, 9.17) is 0 Å². The highest BCUT2D eigenvalue weighted by Gasteiger charge is 2.73. The Morgan fingerprint density at radius 1 is 0.589 bits per heavy atom. The van der Waals surface area contributed by atoms with Gasteiger partial charge >= 0.3 is 0 Å². The number of nitrogens with zero attached hydrogens (tertiary/aromatic N) is 1. The lowest BCUT2D eigenvalue weighted by atomic mass is 9.52. The van der Waals surface area contributed by atoms with Crippen molar-refractivity contribution in [2.75, 3.05) is 4.90 Å². The number of aromatic amines is 1. The molecule has 7 aromatic carbocycles. The Kier molecular flexibility index (Phi) is 7.50. The molecule has 0 amide bonds. The van der Waals surface area contributed by atoms with Gasteiger partial charge in [-0.3, -0.25) is 0 Å². The topological polar surface area (TPSA) is 19.0 Å². The molecular weight excluding hydrogens is 880 g/mol. The second-order valence-electron chi connectivity index (χ2n) is 28.5. The van der Waals surface area contributed by atoms with Gasteiger partial charge in [0.1, 0.15) is 0 Å². The van der Waals surface area contributed by atoms with Crippen LogP contribution in [0.3, 0.4) is 0 Å². The standard InChI is InChI=1S/C70H69BN2/c1-36-22-53-54(67(4,5)21-20-66(53,2)3)32-57(36)73-58-27-38-13-9-8-12-37(38)26-55(58)71-64-59(73)31-48-46-14-10-11-15-52(46)68(6,7)63(48)61(64)50-30-45(69-33-41-23-39-24-42(34-69)62(69)60(39)41)29-49-47-28-44(17-19-56(47)72-65(49)50)70-35-40-25-43(70)16-18-51(40)70/h8-15,17,19,22,26-32,39-43,51,60,62,71-72H,16,18,20-21,23-25,33-35H2,1-7H3. The number of rotatable bonds is 4. The van der Waals surface area contributed by atoms with Crippen LogP contribution in [0, 0.1) is 54.3 Å². The van der Waals surface area contributed by atoms with Crippen LogP contribution >= 0.6 is 0 Å². The molecule has 4 bridgehead atoms. The van der Waals surface area contributed by atoms with Gasteiger partial charge in [0.25, 0.3) is 0 Å². The normalized spacial score (nSPS) is 32.8. The van der Waals surface area contributed by atoms with E-state index < -0.39 is 0 Å². The van der Waals surface area contributed by atoms with Crippen molar-refractivity contribution >= 4 is 67.8 Å². The van der Waals surface area contributed by atoms with Gasteiger partial charge < -0.3 is 9.88 Å². The van der Waals surface area contributed by atoms with Gasteiger partial charge in [-0.1, -0.05) is 114 Å². The number of nitrogens with one attached hydrogen (secondary N) is 1. The van der Waals surface area contributed by atoms with Gasteiger partial charge in [0, 0.05) is 49.7 Å². The maximum Gasteiger partial charge on any atom is 0.198 e. The van der Waals surface area contributed by atoms with E-state index in [1.165, 1.54) is 175 Å². The van der Waals surface area contributed by atoms with Gasteiger partial charge in [-0.05, 0) is 249 Å². The summed E-state index contributed by atoms with van der Waals surface area (Å²) < 4.78 is 0. The van der Waals surface area contributed by atoms with E-state index >= 15 is 0 Å². The zero-order valence-electron chi connectivity index (χ0n) is 44.2. The molecule has 8 fully saturated rings. The third-order valence-electron chi connectivity index (χ3n) is 24.3. The lowest BCUT2D eigenvalue weighted by Crippen LogP contribution is -2.47. The Morgan fingerprint density at radius 2 is 1.34 bits per heavy atom. The number of aryl methyl sites for hydroxylation is 1. The number of hydrogen-bond donors (Lipinski definition) is 1. The third kappa shape index (κ3) is 4.86. The third-order valence-corrected chi connectivity index (χ3v) is 24.3. The molecule has 11 aliphatic rings. The van der Waals surface area contributed by atoms with Gasteiger partial charge in [-0.2, -0.15) is 0 Å². The number of aromatic nitrogens is 1. The maximum atomic E-state index is 4.31. The Hall–Kier alpha value is -5.54. The Labute approximate surface area is 433 Å². The molecule has 2 nitrogen and oxygen atoms in total. The predicted octanol–water partition coefficient (Wildman–Crippen LogP) is 15.9. The first-order valence-electron chi connectivity index (χ1n) is 29.1. The van der Waals surface area contributed by atoms with E-state index in [-0.39, 0.29) is 16.2 Å². The van der Waals surface area contributed by atoms with Crippen LogP contribution in [-0.2, 0) is 27.1 Å². The van der Waals surface area contributed by atoms with Crippen molar-refractivity contribution in [1.82, 2.24) is 4.98 Å². The summed E-state index contributed by atoms with van der Waals surface area (Å²) in [6.45, 7) is 17.5. The summed E-state index contributed by atoms with van der Waals surface area (Å²) in [5, 5.41) is 5.61. The molecule has 1 aliphatic heterocycles. The highest BCUT2D eigenvalue weighted by atomic mass is 15.2. The SMILES string of the molecule is Cc1cc2c(cc1N1c3cc4ccccc4cc3Bc3c1cc1c(c3-c3cc(C45CC6CC7CC(C4)C5C76)cc4c3[nH]c3ccc(C56CC7CC5CCC76)cc34)C(C)(C)c3ccccc3-1)C(C)(C)CCC2(C)C. The van der Waals surface area contributed by atoms with Crippen LogP contribution in [0.4, 0.5) is 17.1 Å². The van der Waals surface area contributed by atoms with Crippen molar-refractivity contribution in [3.05, 3.63) is 148 Å². The summed E-state index contributed by atoms with van der Waals surface area (Å²) in [5.74, 6) is 7.44.